The van der Waals surface area contributed by atoms with Gasteiger partial charge in [-0.25, -0.2) is 4.98 Å². The first-order valence-corrected chi connectivity index (χ1v) is 7.85. The Bertz CT molecular complexity index is 835. The molecule has 3 rings (SSSR count). The van der Waals surface area contributed by atoms with Crippen LogP contribution in [0, 0.1) is 10.1 Å². The number of carbonyl (C=O) groups excluding carboxylic acids is 1. The number of morpholine rings is 1. The fourth-order valence-corrected chi connectivity index (χ4v) is 2.83. The Morgan fingerprint density at radius 3 is 2.88 bits per heavy atom. The molecule has 0 saturated carbocycles. The maximum Gasteiger partial charge on any atom is 0.306 e. The summed E-state index contributed by atoms with van der Waals surface area (Å²) in [4.78, 5) is 39.7. The molecule has 0 aliphatic carbocycles. The Kier molecular flexibility index (Phi) is 4.94. The molecule has 1 fully saturated rings. The maximum absolute atomic E-state index is 12.7. The van der Waals surface area contributed by atoms with Crippen molar-refractivity contribution in [1.82, 2.24) is 14.5 Å². The minimum Gasteiger partial charge on any atom is -0.481 e. The highest BCUT2D eigenvalue weighted by Gasteiger charge is 2.28. The van der Waals surface area contributed by atoms with E-state index in [1.807, 2.05) is 0 Å². The molecule has 10 heteroatoms. The molecular formula is C16H16N4O6. The van der Waals surface area contributed by atoms with Crippen molar-refractivity contribution in [2.45, 2.75) is 12.5 Å². The first kappa shape index (κ1) is 17.5. The smallest absolute Gasteiger partial charge is 0.306 e. The van der Waals surface area contributed by atoms with Crippen LogP contribution in [0.5, 0.6) is 0 Å². The number of carboxylic acids is 1. The van der Waals surface area contributed by atoms with Crippen LogP contribution in [0.15, 0.2) is 36.9 Å². The molecule has 1 saturated heterocycles. The van der Waals surface area contributed by atoms with E-state index in [9.17, 15) is 19.7 Å². The van der Waals surface area contributed by atoms with E-state index >= 15 is 0 Å². The quantitative estimate of drug-likeness (QED) is 0.624. The normalized spacial score (nSPS) is 17.1. The molecule has 0 radical (unpaired) electrons. The fraction of sp³-hybridized carbons (Fsp3) is 0.312. The van der Waals surface area contributed by atoms with E-state index in [0.717, 1.165) is 0 Å². The number of carbonyl (C=O) groups is 2. The Morgan fingerprint density at radius 2 is 2.23 bits per heavy atom. The highest BCUT2D eigenvalue weighted by Crippen LogP contribution is 2.25. The van der Waals surface area contributed by atoms with Gasteiger partial charge in [0, 0.05) is 37.1 Å². The van der Waals surface area contributed by atoms with Crippen molar-refractivity contribution in [3.05, 3.63) is 52.6 Å². The molecule has 1 unspecified atom stereocenters. The second-order valence-electron chi connectivity index (χ2n) is 5.77. The molecule has 1 aromatic heterocycles. The minimum absolute atomic E-state index is 0.127. The standard InChI is InChI=1S/C16H16N4O6/c21-15(22)8-12-9-18(5-6-26-12)16(23)11-1-2-13(14(7-11)20(24)25)19-4-3-17-10-19/h1-4,7,10,12H,5-6,8-9H2,(H,21,22). The van der Waals surface area contributed by atoms with Gasteiger partial charge < -0.3 is 19.3 Å². The fourth-order valence-electron chi connectivity index (χ4n) is 2.83. The lowest BCUT2D eigenvalue weighted by Gasteiger charge is -2.32. The summed E-state index contributed by atoms with van der Waals surface area (Å²) in [6, 6.07) is 4.22. The average Bonchev–Trinajstić information content (AvgIpc) is 3.14. The molecular weight excluding hydrogens is 344 g/mol. The summed E-state index contributed by atoms with van der Waals surface area (Å²) in [7, 11) is 0. The van der Waals surface area contributed by atoms with Crippen LogP contribution < -0.4 is 0 Å². The average molecular weight is 360 g/mol. The van der Waals surface area contributed by atoms with Gasteiger partial charge in [0.15, 0.2) is 0 Å². The summed E-state index contributed by atoms with van der Waals surface area (Å²) in [5.74, 6) is -1.41. The first-order valence-electron chi connectivity index (χ1n) is 7.85. The Morgan fingerprint density at radius 1 is 1.42 bits per heavy atom. The zero-order chi connectivity index (χ0) is 18.7. The van der Waals surface area contributed by atoms with E-state index in [0.29, 0.717) is 12.2 Å². The summed E-state index contributed by atoms with van der Waals surface area (Å²) in [6.45, 7) is 0.646. The Labute approximate surface area is 147 Å². The summed E-state index contributed by atoms with van der Waals surface area (Å²) in [6.07, 6.45) is 3.71. The van der Waals surface area contributed by atoms with Crippen molar-refractivity contribution in [2.24, 2.45) is 0 Å². The number of nitro benzene ring substituents is 1. The predicted octanol–water partition coefficient (Wildman–Crippen LogP) is 1.10. The number of rotatable bonds is 5. The molecule has 2 aromatic rings. The molecule has 1 N–H and O–H groups in total. The molecule has 1 atom stereocenters. The zero-order valence-electron chi connectivity index (χ0n) is 13.6. The van der Waals surface area contributed by atoms with Gasteiger partial charge in [0.2, 0.25) is 0 Å². The molecule has 1 aromatic carbocycles. The Balaban J connectivity index is 1.84. The van der Waals surface area contributed by atoms with Crippen molar-refractivity contribution in [3.63, 3.8) is 0 Å². The third kappa shape index (κ3) is 3.70. The van der Waals surface area contributed by atoms with Gasteiger partial charge in [-0.2, -0.15) is 0 Å². The van der Waals surface area contributed by atoms with E-state index < -0.39 is 22.9 Å². The van der Waals surface area contributed by atoms with Crippen LogP contribution in [0.2, 0.25) is 0 Å². The molecule has 0 spiro atoms. The van der Waals surface area contributed by atoms with Crippen molar-refractivity contribution >= 4 is 17.6 Å². The van der Waals surface area contributed by atoms with Crippen LogP contribution in [0.1, 0.15) is 16.8 Å². The number of benzene rings is 1. The van der Waals surface area contributed by atoms with Gasteiger partial charge >= 0.3 is 5.97 Å². The van der Waals surface area contributed by atoms with E-state index in [2.05, 4.69) is 4.98 Å². The van der Waals surface area contributed by atoms with Crippen LogP contribution in [0.25, 0.3) is 5.69 Å². The SMILES string of the molecule is O=C(O)CC1CN(C(=O)c2ccc(-n3ccnc3)c([N+](=O)[O-])c2)CCO1. The topological polar surface area (TPSA) is 128 Å². The largest absolute Gasteiger partial charge is 0.481 e. The number of amides is 1. The lowest BCUT2D eigenvalue weighted by atomic mass is 10.1. The molecule has 10 nitrogen and oxygen atoms in total. The summed E-state index contributed by atoms with van der Waals surface area (Å²) < 4.78 is 6.83. The van der Waals surface area contributed by atoms with Gasteiger partial charge in [0.05, 0.1) is 30.4 Å². The zero-order valence-corrected chi connectivity index (χ0v) is 13.6. The number of imidazole rings is 1. The number of nitro groups is 1. The van der Waals surface area contributed by atoms with Crippen LogP contribution in [0.4, 0.5) is 5.69 Å². The molecule has 26 heavy (non-hydrogen) atoms. The summed E-state index contributed by atoms with van der Waals surface area (Å²) >= 11 is 0. The number of aromatic nitrogens is 2. The van der Waals surface area contributed by atoms with Crippen LogP contribution in [-0.4, -0.2) is 62.2 Å². The van der Waals surface area contributed by atoms with Crippen molar-refractivity contribution < 1.29 is 24.4 Å². The van der Waals surface area contributed by atoms with Crippen LogP contribution in [-0.2, 0) is 9.53 Å². The minimum atomic E-state index is -1.01. The first-order chi connectivity index (χ1) is 12.5. The lowest BCUT2D eigenvalue weighted by molar-refractivity contribution is -0.384. The van der Waals surface area contributed by atoms with E-state index in [-0.39, 0.29) is 30.8 Å². The molecule has 136 valence electrons. The Hall–Kier alpha value is -3.27. The highest BCUT2D eigenvalue weighted by atomic mass is 16.6. The summed E-state index contributed by atoms with van der Waals surface area (Å²) in [5, 5.41) is 20.3. The molecule has 1 aliphatic heterocycles. The number of ether oxygens (including phenoxy) is 1. The van der Waals surface area contributed by atoms with Crippen LogP contribution >= 0.6 is 0 Å². The highest BCUT2D eigenvalue weighted by molar-refractivity contribution is 5.95. The van der Waals surface area contributed by atoms with Crippen molar-refractivity contribution in [2.75, 3.05) is 19.7 Å². The van der Waals surface area contributed by atoms with Crippen molar-refractivity contribution in [1.29, 1.82) is 0 Å². The second-order valence-corrected chi connectivity index (χ2v) is 5.77. The third-order valence-corrected chi connectivity index (χ3v) is 4.03. The van der Waals surface area contributed by atoms with E-state index in [1.54, 1.807) is 6.20 Å². The van der Waals surface area contributed by atoms with Gasteiger partial charge in [-0.3, -0.25) is 19.7 Å². The van der Waals surface area contributed by atoms with Gasteiger partial charge in [0.1, 0.15) is 5.69 Å². The molecule has 1 aliphatic rings. The molecule has 0 bridgehead atoms. The van der Waals surface area contributed by atoms with E-state index in [1.165, 1.54) is 40.2 Å². The number of aliphatic carboxylic acids is 1. The lowest BCUT2D eigenvalue weighted by Crippen LogP contribution is -2.46. The van der Waals surface area contributed by atoms with Crippen molar-refractivity contribution in [3.8, 4) is 5.69 Å². The van der Waals surface area contributed by atoms with Gasteiger partial charge in [0.25, 0.3) is 11.6 Å². The summed E-state index contributed by atoms with van der Waals surface area (Å²) in [5.41, 5.74) is 0.246. The number of carboxylic acid groups (broad SMARTS) is 1. The monoisotopic (exact) mass is 360 g/mol. The number of nitrogens with zero attached hydrogens (tertiary/aromatic N) is 4. The predicted molar refractivity (Wildman–Crippen MR) is 88.1 cm³/mol. The van der Waals surface area contributed by atoms with E-state index in [4.69, 9.17) is 9.84 Å². The number of hydrogen-bond donors (Lipinski definition) is 1. The molecule has 2 heterocycles. The molecule has 1 amide bonds. The van der Waals surface area contributed by atoms with Gasteiger partial charge in [-0.05, 0) is 12.1 Å². The maximum atomic E-state index is 12.7. The van der Waals surface area contributed by atoms with Gasteiger partial charge in [-0.15, -0.1) is 0 Å². The second kappa shape index (κ2) is 7.31. The third-order valence-electron chi connectivity index (χ3n) is 4.03. The van der Waals surface area contributed by atoms with Crippen LogP contribution in [0.3, 0.4) is 0 Å². The number of hydrogen-bond acceptors (Lipinski definition) is 6. The van der Waals surface area contributed by atoms with Gasteiger partial charge in [-0.1, -0.05) is 0 Å².